The number of aromatic nitrogens is 2. The monoisotopic (exact) mass is 263 g/mol. The molecule has 2 N–H and O–H groups in total. The van der Waals surface area contributed by atoms with Crippen LogP contribution in [0.15, 0.2) is 10.7 Å². The molecule has 104 valence electrons. The van der Waals surface area contributed by atoms with Gasteiger partial charge in [0.15, 0.2) is 0 Å². The Morgan fingerprint density at radius 1 is 1.32 bits per heavy atom. The van der Waals surface area contributed by atoms with Crippen LogP contribution in [0.4, 0.5) is 5.82 Å². The summed E-state index contributed by atoms with van der Waals surface area (Å²) in [5.74, 6) is 1.67. The Bertz CT molecular complexity index is 575. The number of anilines is 1. The van der Waals surface area contributed by atoms with Crippen LogP contribution in [-0.4, -0.2) is 28.2 Å². The molecule has 0 unspecified atom stereocenters. The Morgan fingerprint density at radius 3 is 2.74 bits per heavy atom. The number of aryl methyl sites for hydroxylation is 2. The van der Waals surface area contributed by atoms with Crippen LogP contribution < -0.4 is 5.32 Å². The number of nitrogens with zero attached hydrogens (tertiary/aromatic N) is 2. The van der Waals surface area contributed by atoms with E-state index in [0.29, 0.717) is 5.71 Å². The first-order valence-electron chi connectivity index (χ1n) is 6.50. The van der Waals surface area contributed by atoms with Crippen LogP contribution in [0.2, 0.25) is 0 Å². The fourth-order valence-corrected chi connectivity index (χ4v) is 2.03. The fourth-order valence-electron chi connectivity index (χ4n) is 2.03. The zero-order valence-electron chi connectivity index (χ0n) is 11.9. The lowest BCUT2D eigenvalue weighted by atomic mass is 9.90. The molecule has 2 aromatic rings. The van der Waals surface area contributed by atoms with Crippen molar-refractivity contribution in [3.63, 3.8) is 0 Å². The Labute approximate surface area is 113 Å². The molecule has 5 heteroatoms. The van der Waals surface area contributed by atoms with Gasteiger partial charge >= 0.3 is 0 Å². The number of rotatable bonds is 5. The zero-order valence-corrected chi connectivity index (χ0v) is 11.9. The predicted octanol–water partition coefficient (Wildman–Crippen LogP) is 2.66. The van der Waals surface area contributed by atoms with E-state index in [9.17, 15) is 0 Å². The highest BCUT2D eigenvalue weighted by atomic mass is 16.3. The smallest absolute Gasteiger partial charge is 0.231 e. The van der Waals surface area contributed by atoms with Gasteiger partial charge in [0.25, 0.3) is 0 Å². The van der Waals surface area contributed by atoms with E-state index in [1.165, 1.54) is 6.33 Å². The molecule has 0 saturated heterocycles. The van der Waals surface area contributed by atoms with Crippen molar-refractivity contribution < 1.29 is 9.52 Å². The van der Waals surface area contributed by atoms with Crippen molar-refractivity contribution in [2.75, 3.05) is 18.5 Å². The van der Waals surface area contributed by atoms with Crippen LogP contribution in [0.3, 0.4) is 0 Å². The number of aliphatic hydroxyl groups is 1. The van der Waals surface area contributed by atoms with E-state index in [1.807, 2.05) is 13.8 Å². The molecule has 2 heterocycles. The van der Waals surface area contributed by atoms with E-state index in [1.54, 1.807) is 0 Å². The van der Waals surface area contributed by atoms with E-state index in [2.05, 4.69) is 29.1 Å². The van der Waals surface area contributed by atoms with E-state index in [-0.39, 0.29) is 12.0 Å². The second kappa shape index (κ2) is 5.17. The van der Waals surface area contributed by atoms with Crippen molar-refractivity contribution in [3.05, 3.63) is 17.7 Å². The van der Waals surface area contributed by atoms with Gasteiger partial charge in [-0.1, -0.05) is 13.8 Å². The van der Waals surface area contributed by atoms with Crippen LogP contribution in [0.25, 0.3) is 11.1 Å². The minimum Gasteiger partial charge on any atom is -0.443 e. The second-order valence-electron chi connectivity index (χ2n) is 5.68. The molecule has 0 atom stereocenters. The highest BCUT2D eigenvalue weighted by Crippen LogP contribution is 2.29. The Kier molecular flexibility index (Phi) is 3.75. The van der Waals surface area contributed by atoms with Crippen LogP contribution in [0.1, 0.15) is 31.6 Å². The molecule has 19 heavy (non-hydrogen) atoms. The summed E-state index contributed by atoms with van der Waals surface area (Å²) in [4.78, 5) is 8.45. The van der Waals surface area contributed by atoms with Gasteiger partial charge in [-0.25, -0.2) is 9.97 Å². The number of hydrogen-bond donors (Lipinski definition) is 2. The maximum Gasteiger partial charge on any atom is 0.231 e. The van der Waals surface area contributed by atoms with Crippen molar-refractivity contribution in [2.24, 2.45) is 5.41 Å². The average molecular weight is 263 g/mol. The second-order valence-corrected chi connectivity index (χ2v) is 5.68. The SMILES string of the molecule is Cc1oc2ncnc(NCC(C)(C)CCO)c2c1C. The molecule has 0 aliphatic rings. The molecule has 0 saturated carbocycles. The molecule has 0 aromatic carbocycles. The maximum absolute atomic E-state index is 9.05. The molecular formula is C14H21N3O2. The Balaban J connectivity index is 2.26. The summed E-state index contributed by atoms with van der Waals surface area (Å²) in [5, 5.41) is 13.3. The predicted molar refractivity (Wildman–Crippen MR) is 75.3 cm³/mol. The number of hydrogen-bond acceptors (Lipinski definition) is 5. The molecule has 0 amide bonds. The van der Waals surface area contributed by atoms with Gasteiger partial charge in [-0.2, -0.15) is 0 Å². The first-order valence-corrected chi connectivity index (χ1v) is 6.50. The first-order chi connectivity index (χ1) is 8.94. The van der Waals surface area contributed by atoms with Crippen molar-refractivity contribution in [1.82, 2.24) is 9.97 Å². The van der Waals surface area contributed by atoms with Gasteiger partial charge in [-0.3, -0.25) is 0 Å². The van der Waals surface area contributed by atoms with Gasteiger partial charge in [0, 0.05) is 18.7 Å². The molecule has 2 rings (SSSR count). The molecule has 0 fully saturated rings. The van der Waals surface area contributed by atoms with Crippen LogP contribution in [0, 0.1) is 19.3 Å². The maximum atomic E-state index is 9.05. The third kappa shape index (κ3) is 2.87. The summed E-state index contributed by atoms with van der Waals surface area (Å²) in [7, 11) is 0. The highest BCUT2D eigenvalue weighted by Gasteiger charge is 2.19. The van der Waals surface area contributed by atoms with Gasteiger partial charge in [0.2, 0.25) is 5.71 Å². The summed E-state index contributed by atoms with van der Waals surface area (Å²) in [6, 6.07) is 0. The summed E-state index contributed by atoms with van der Waals surface area (Å²) in [5.41, 5.74) is 1.70. The molecule has 0 radical (unpaired) electrons. The number of furan rings is 1. The summed E-state index contributed by atoms with van der Waals surface area (Å²) in [6.07, 6.45) is 2.25. The van der Waals surface area contributed by atoms with Crippen molar-refractivity contribution in [2.45, 2.75) is 34.1 Å². The van der Waals surface area contributed by atoms with E-state index < -0.39 is 0 Å². The number of nitrogens with one attached hydrogen (secondary N) is 1. The standard InChI is InChI=1S/C14H21N3O2/c1-9-10(2)19-13-11(9)12(16-8-17-13)15-7-14(3,4)5-6-18/h8,18H,5-7H2,1-4H3,(H,15,16,17). The summed E-state index contributed by atoms with van der Waals surface area (Å²) < 4.78 is 5.59. The van der Waals surface area contributed by atoms with Crippen molar-refractivity contribution in [1.29, 1.82) is 0 Å². The molecule has 0 aliphatic carbocycles. The molecule has 0 aliphatic heterocycles. The lowest BCUT2D eigenvalue weighted by Gasteiger charge is -2.24. The topological polar surface area (TPSA) is 71.2 Å². The zero-order chi connectivity index (χ0) is 14.0. The third-order valence-electron chi connectivity index (χ3n) is 3.49. The molecule has 5 nitrogen and oxygen atoms in total. The van der Waals surface area contributed by atoms with Crippen LogP contribution >= 0.6 is 0 Å². The highest BCUT2D eigenvalue weighted by molar-refractivity contribution is 5.89. The van der Waals surface area contributed by atoms with Crippen LogP contribution in [0.5, 0.6) is 0 Å². The normalized spacial score (nSPS) is 12.1. The van der Waals surface area contributed by atoms with Crippen molar-refractivity contribution in [3.8, 4) is 0 Å². The van der Waals surface area contributed by atoms with Gasteiger partial charge in [0.05, 0.1) is 5.39 Å². The molecule has 2 aromatic heterocycles. The Hall–Kier alpha value is -1.62. The van der Waals surface area contributed by atoms with Gasteiger partial charge in [0.1, 0.15) is 17.9 Å². The molecular weight excluding hydrogens is 242 g/mol. The number of fused-ring (bicyclic) bond motifs is 1. The molecule has 0 bridgehead atoms. The average Bonchev–Trinajstić information content (AvgIpc) is 2.63. The lowest BCUT2D eigenvalue weighted by Crippen LogP contribution is -2.24. The van der Waals surface area contributed by atoms with E-state index in [0.717, 1.165) is 35.5 Å². The minimum absolute atomic E-state index is 0.0126. The van der Waals surface area contributed by atoms with E-state index >= 15 is 0 Å². The Morgan fingerprint density at radius 2 is 2.05 bits per heavy atom. The van der Waals surface area contributed by atoms with Gasteiger partial charge < -0.3 is 14.8 Å². The van der Waals surface area contributed by atoms with Gasteiger partial charge in [-0.05, 0) is 25.7 Å². The van der Waals surface area contributed by atoms with Crippen LogP contribution in [-0.2, 0) is 0 Å². The van der Waals surface area contributed by atoms with Gasteiger partial charge in [-0.15, -0.1) is 0 Å². The third-order valence-corrected chi connectivity index (χ3v) is 3.49. The lowest BCUT2D eigenvalue weighted by molar-refractivity contribution is 0.220. The summed E-state index contributed by atoms with van der Waals surface area (Å²) in [6.45, 7) is 9.09. The first kappa shape index (κ1) is 13.8. The quantitative estimate of drug-likeness (QED) is 0.867. The molecule has 0 spiro atoms. The summed E-state index contributed by atoms with van der Waals surface area (Å²) >= 11 is 0. The largest absolute Gasteiger partial charge is 0.443 e. The fraction of sp³-hybridized carbons (Fsp3) is 0.571. The van der Waals surface area contributed by atoms with E-state index in [4.69, 9.17) is 9.52 Å². The number of aliphatic hydroxyl groups excluding tert-OH is 1. The minimum atomic E-state index is 0.0126. The van der Waals surface area contributed by atoms with Crippen molar-refractivity contribution >= 4 is 16.9 Å².